The zero-order valence-electron chi connectivity index (χ0n) is 20.5. The molecule has 0 bridgehead atoms. The van der Waals surface area contributed by atoms with Crippen molar-refractivity contribution in [3.05, 3.63) is 53.3 Å². The van der Waals surface area contributed by atoms with Gasteiger partial charge in [0.1, 0.15) is 19.4 Å². The smallest absolute Gasteiger partial charge is 0.255 e. The predicted octanol–water partition coefficient (Wildman–Crippen LogP) is 3.89. The molecule has 0 radical (unpaired) electrons. The standard InChI is InChI=1S/C23H29FN2O3S2.2CH2O/c1-4-6-17-7-10-22(30-5-2)19(15-17)23(27)26-13-11-25(12-14-26)21-9-8-18(16-20(21)24)31(3,28)29;2*1-2/h7-10,15-16H,4-6,11-14H2,1-3H3;2*1H2. The van der Waals surface area contributed by atoms with E-state index in [9.17, 15) is 17.6 Å². The quantitative estimate of drug-likeness (QED) is 0.508. The first-order chi connectivity index (χ1) is 16.7. The van der Waals surface area contributed by atoms with Crippen LogP contribution in [-0.2, 0) is 25.8 Å². The van der Waals surface area contributed by atoms with Gasteiger partial charge in [0.25, 0.3) is 5.91 Å². The van der Waals surface area contributed by atoms with Crippen molar-refractivity contribution in [2.45, 2.75) is 36.5 Å². The average molecular weight is 525 g/mol. The van der Waals surface area contributed by atoms with Crippen LogP contribution in [0.25, 0.3) is 0 Å². The highest BCUT2D eigenvalue weighted by molar-refractivity contribution is 7.99. The summed E-state index contributed by atoms with van der Waals surface area (Å²) in [5.41, 5.74) is 2.28. The van der Waals surface area contributed by atoms with Gasteiger partial charge >= 0.3 is 0 Å². The monoisotopic (exact) mass is 524 g/mol. The number of hydrogen-bond acceptors (Lipinski definition) is 7. The van der Waals surface area contributed by atoms with Gasteiger partial charge in [0.05, 0.1) is 16.1 Å². The molecule has 1 aliphatic heterocycles. The van der Waals surface area contributed by atoms with Crippen molar-refractivity contribution in [3.8, 4) is 0 Å². The number of carbonyl (C=O) groups excluding carboxylic acids is 3. The lowest BCUT2D eigenvalue weighted by molar-refractivity contribution is -0.0987. The Bertz CT molecular complexity index is 1090. The summed E-state index contributed by atoms with van der Waals surface area (Å²) in [6, 6.07) is 10.2. The number of aryl methyl sites for hydroxylation is 1. The van der Waals surface area contributed by atoms with Gasteiger partial charge < -0.3 is 19.4 Å². The Hall–Kier alpha value is -2.72. The minimum Gasteiger partial charge on any atom is -0.366 e. The summed E-state index contributed by atoms with van der Waals surface area (Å²) in [6.45, 7) is 10.1. The molecule has 1 fully saturated rings. The van der Waals surface area contributed by atoms with E-state index in [0.717, 1.165) is 46.9 Å². The fraction of sp³-hybridized carbons (Fsp3) is 0.400. The Morgan fingerprint density at radius 3 is 2.14 bits per heavy atom. The molecule has 0 N–H and O–H groups in total. The van der Waals surface area contributed by atoms with Gasteiger partial charge in [-0.25, -0.2) is 12.8 Å². The zero-order valence-corrected chi connectivity index (χ0v) is 22.1. The highest BCUT2D eigenvalue weighted by Crippen LogP contribution is 2.28. The Kier molecular flexibility index (Phi) is 12.7. The van der Waals surface area contributed by atoms with E-state index in [1.165, 1.54) is 12.1 Å². The zero-order chi connectivity index (χ0) is 26.6. The molecule has 0 aromatic heterocycles. The van der Waals surface area contributed by atoms with Crippen LogP contribution in [0, 0.1) is 5.82 Å². The summed E-state index contributed by atoms with van der Waals surface area (Å²) in [4.78, 5) is 33.9. The molecular formula is C25H33FN2O5S2. The summed E-state index contributed by atoms with van der Waals surface area (Å²) in [5, 5.41) is 0. The average Bonchev–Trinajstić information content (AvgIpc) is 2.87. The number of carbonyl (C=O) groups is 3. The van der Waals surface area contributed by atoms with Gasteiger partial charge in [0.15, 0.2) is 9.84 Å². The van der Waals surface area contributed by atoms with Gasteiger partial charge in [-0.2, -0.15) is 0 Å². The molecule has 1 heterocycles. The minimum absolute atomic E-state index is 0.0152. The number of nitrogens with zero attached hydrogens (tertiary/aromatic N) is 2. The molecule has 1 amide bonds. The van der Waals surface area contributed by atoms with E-state index in [1.807, 2.05) is 35.5 Å². The first kappa shape index (κ1) is 30.3. The van der Waals surface area contributed by atoms with Crippen LogP contribution in [0.1, 0.15) is 36.2 Å². The fourth-order valence-corrected chi connectivity index (χ4v) is 5.18. The third kappa shape index (κ3) is 8.17. The van der Waals surface area contributed by atoms with Gasteiger partial charge in [0, 0.05) is 37.3 Å². The summed E-state index contributed by atoms with van der Waals surface area (Å²) < 4.78 is 37.8. The van der Waals surface area contributed by atoms with Crippen molar-refractivity contribution in [2.24, 2.45) is 0 Å². The number of anilines is 1. The SMILES string of the molecule is C=O.C=O.CCCc1ccc(SCC)c(C(=O)N2CCN(c3ccc(S(C)(=O)=O)cc3F)CC2)c1. The second kappa shape index (κ2) is 14.6. The highest BCUT2D eigenvalue weighted by atomic mass is 32.2. The summed E-state index contributed by atoms with van der Waals surface area (Å²) in [5.74, 6) is 0.349. The molecule has 1 aliphatic rings. The van der Waals surface area contributed by atoms with Gasteiger partial charge in [-0.3, -0.25) is 4.79 Å². The predicted molar refractivity (Wildman–Crippen MR) is 139 cm³/mol. The molecule has 7 nitrogen and oxygen atoms in total. The Labute approximate surface area is 211 Å². The van der Waals surface area contributed by atoms with Gasteiger partial charge in [0.2, 0.25) is 0 Å². The number of piperazine rings is 1. The maximum atomic E-state index is 14.6. The minimum atomic E-state index is -3.45. The maximum Gasteiger partial charge on any atom is 0.255 e. The molecule has 0 spiro atoms. The van der Waals surface area contributed by atoms with Crippen LogP contribution in [0.4, 0.5) is 10.1 Å². The van der Waals surface area contributed by atoms with E-state index in [2.05, 4.69) is 19.9 Å². The molecule has 192 valence electrons. The molecule has 0 aliphatic carbocycles. The molecule has 2 aromatic carbocycles. The maximum absolute atomic E-state index is 14.6. The summed E-state index contributed by atoms with van der Waals surface area (Å²) >= 11 is 1.67. The Balaban J connectivity index is 0.00000145. The number of amides is 1. The van der Waals surface area contributed by atoms with E-state index in [4.69, 9.17) is 9.59 Å². The van der Waals surface area contributed by atoms with E-state index >= 15 is 0 Å². The van der Waals surface area contributed by atoms with Crippen LogP contribution in [-0.4, -0.2) is 71.0 Å². The van der Waals surface area contributed by atoms with Gasteiger partial charge in [-0.05, 0) is 48.1 Å². The van der Waals surface area contributed by atoms with E-state index in [-0.39, 0.29) is 10.8 Å². The molecule has 10 heteroatoms. The van der Waals surface area contributed by atoms with Gasteiger partial charge in [-0.1, -0.05) is 26.3 Å². The van der Waals surface area contributed by atoms with Crippen LogP contribution in [0.3, 0.4) is 0 Å². The largest absolute Gasteiger partial charge is 0.366 e. The third-order valence-electron chi connectivity index (χ3n) is 5.37. The fourth-order valence-electron chi connectivity index (χ4n) is 3.77. The first-order valence-corrected chi connectivity index (χ1v) is 14.0. The molecule has 35 heavy (non-hydrogen) atoms. The summed E-state index contributed by atoms with van der Waals surface area (Å²) in [6.07, 6.45) is 3.02. The van der Waals surface area contributed by atoms with Crippen LogP contribution in [0.2, 0.25) is 0 Å². The van der Waals surface area contributed by atoms with Crippen molar-refractivity contribution in [2.75, 3.05) is 43.1 Å². The number of benzene rings is 2. The van der Waals surface area contributed by atoms with Crippen molar-refractivity contribution in [1.82, 2.24) is 4.90 Å². The second-order valence-electron chi connectivity index (χ2n) is 7.68. The Morgan fingerprint density at radius 1 is 1.00 bits per heavy atom. The number of sulfone groups is 1. The van der Waals surface area contributed by atoms with E-state index in [1.54, 1.807) is 11.8 Å². The van der Waals surface area contributed by atoms with Crippen LogP contribution in [0.15, 0.2) is 46.2 Å². The van der Waals surface area contributed by atoms with E-state index in [0.29, 0.717) is 31.9 Å². The van der Waals surface area contributed by atoms with Crippen molar-refractivity contribution >= 4 is 46.8 Å². The van der Waals surface area contributed by atoms with Crippen molar-refractivity contribution in [3.63, 3.8) is 0 Å². The molecule has 0 atom stereocenters. The number of rotatable bonds is 7. The number of halogens is 1. The molecule has 2 aromatic rings. The second-order valence-corrected chi connectivity index (χ2v) is 11.0. The first-order valence-electron chi connectivity index (χ1n) is 11.1. The van der Waals surface area contributed by atoms with Gasteiger partial charge in [-0.15, -0.1) is 11.8 Å². The van der Waals surface area contributed by atoms with Crippen LogP contribution >= 0.6 is 11.8 Å². The highest BCUT2D eigenvalue weighted by Gasteiger charge is 2.26. The molecule has 3 rings (SSSR count). The molecular weight excluding hydrogens is 491 g/mol. The Morgan fingerprint density at radius 2 is 1.63 bits per heavy atom. The molecule has 0 saturated carbocycles. The van der Waals surface area contributed by atoms with E-state index < -0.39 is 15.7 Å². The summed E-state index contributed by atoms with van der Waals surface area (Å²) in [7, 11) is -3.45. The number of hydrogen-bond donors (Lipinski definition) is 0. The topological polar surface area (TPSA) is 91.8 Å². The lowest BCUT2D eigenvalue weighted by atomic mass is 10.1. The van der Waals surface area contributed by atoms with Crippen LogP contribution < -0.4 is 4.90 Å². The number of thioether (sulfide) groups is 1. The molecule has 0 unspecified atom stereocenters. The molecule has 1 saturated heterocycles. The van der Waals surface area contributed by atoms with Crippen molar-refractivity contribution < 1.29 is 27.2 Å². The normalized spacial score (nSPS) is 13.3. The van der Waals surface area contributed by atoms with Crippen LogP contribution in [0.5, 0.6) is 0 Å². The third-order valence-corrected chi connectivity index (χ3v) is 7.43. The lowest BCUT2D eigenvalue weighted by Gasteiger charge is -2.36. The van der Waals surface area contributed by atoms with Crippen molar-refractivity contribution in [1.29, 1.82) is 0 Å². The lowest BCUT2D eigenvalue weighted by Crippen LogP contribution is -2.49.